The van der Waals surface area contributed by atoms with E-state index in [4.69, 9.17) is 28.4 Å². The third kappa shape index (κ3) is 5.16. The molecule has 0 radical (unpaired) electrons. The number of carbonyl (C=O) groups excluding carboxylic acids is 5. The van der Waals surface area contributed by atoms with Gasteiger partial charge in [-0.25, -0.2) is 4.99 Å². The normalized spacial score (nSPS) is 40.2. The number of epoxide rings is 2. The minimum absolute atomic E-state index is 0.0585. The molecule has 7 bridgehead atoms. The lowest BCUT2D eigenvalue weighted by atomic mass is 9.75. The molecule has 1 aromatic rings. The van der Waals surface area contributed by atoms with E-state index in [0.29, 0.717) is 6.26 Å². The van der Waals surface area contributed by atoms with Crippen molar-refractivity contribution < 1.29 is 67.7 Å². The van der Waals surface area contributed by atoms with Gasteiger partial charge in [0.15, 0.2) is 11.4 Å². The van der Waals surface area contributed by atoms with Gasteiger partial charge in [-0.2, -0.15) is 0 Å². The number of fused-ring (bicyclic) bond motifs is 4. The van der Waals surface area contributed by atoms with Gasteiger partial charge in [0.2, 0.25) is 5.78 Å². The summed E-state index contributed by atoms with van der Waals surface area (Å²) in [6.45, 7) is 11.0. The number of allylic oxidation sites excluding steroid dienone is 1. The molecule has 1 aliphatic carbocycles. The molecule has 52 heavy (non-hydrogen) atoms. The van der Waals surface area contributed by atoms with Crippen LogP contribution in [0.25, 0.3) is 0 Å². The first-order valence-corrected chi connectivity index (χ1v) is 17.0. The van der Waals surface area contributed by atoms with Crippen molar-refractivity contribution in [3.05, 3.63) is 58.6 Å². The number of phenolic OH excluding ortho intramolecular Hbond substituents is 1. The van der Waals surface area contributed by atoms with Crippen LogP contribution >= 0.6 is 0 Å². The zero-order valence-electron chi connectivity index (χ0n) is 29.5. The van der Waals surface area contributed by atoms with E-state index in [1.807, 2.05) is 13.8 Å². The highest BCUT2D eigenvalue weighted by Crippen LogP contribution is 2.49. The Morgan fingerprint density at radius 1 is 1.02 bits per heavy atom. The van der Waals surface area contributed by atoms with Crippen LogP contribution in [0.1, 0.15) is 78.2 Å². The van der Waals surface area contributed by atoms with Crippen molar-refractivity contribution in [2.75, 3.05) is 6.61 Å². The van der Waals surface area contributed by atoms with E-state index in [0.717, 1.165) is 0 Å². The number of aliphatic hydroxyl groups is 2. The minimum atomic E-state index is -2.10. The Labute approximate surface area is 297 Å². The Hall–Kier alpha value is -4.70. The van der Waals surface area contributed by atoms with Crippen molar-refractivity contribution in [2.24, 2.45) is 22.7 Å². The lowest BCUT2D eigenvalue weighted by molar-refractivity contribution is -0.197. The highest BCUT2D eigenvalue weighted by Gasteiger charge is 2.61. The molecule has 3 N–H and O–H groups in total. The van der Waals surface area contributed by atoms with Crippen LogP contribution in [-0.2, 0) is 33.3 Å². The number of aliphatic hydroxyl groups excluding tert-OH is 2. The summed E-state index contributed by atoms with van der Waals surface area (Å²) in [7, 11) is 0. The molecule has 11 unspecified atom stereocenters. The number of Topliss-reactive ketones (excluding diaryl/α,β-unsaturated/α-hetero) is 3. The lowest BCUT2D eigenvalue weighted by Crippen LogP contribution is -2.55. The third-order valence-electron chi connectivity index (χ3n) is 11.2. The van der Waals surface area contributed by atoms with E-state index < -0.39 is 117 Å². The van der Waals surface area contributed by atoms with E-state index in [-0.39, 0.29) is 29.4 Å². The SMILES string of the molecule is CC(=O)OC1C(C)C2C=COC3(C)Oc4c(C)c(O)c5c(c4C3=O)C(=O)/C(=C/O)C(=NC(=O)C3(C)OC3C=CC3(CO3)C(O)C(C)C(O2)C1C)C5=O. The first-order chi connectivity index (χ1) is 24.4. The van der Waals surface area contributed by atoms with E-state index >= 15 is 0 Å². The number of aliphatic imine (C=N–C) groups is 1. The largest absolute Gasteiger partial charge is 0.515 e. The van der Waals surface area contributed by atoms with Crippen LogP contribution in [0.4, 0.5) is 0 Å². The molecular formula is C37H39NO14. The van der Waals surface area contributed by atoms with Crippen LogP contribution in [-0.4, -0.2) is 104 Å². The second-order valence-corrected chi connectivity index (χ2v) is 14.6. The Morgan fingerprint density at radius 2 is 1.71 bits per heavy atom. The number of benzene rings is 1. The summed E-state index contributed by atoms with van der Waals surface area (Å²) in [4.78, 5) is 71.5. The fourth-order valence-electron chi connectivity index (χ4n) is 7.81. The molecule has 6 heterocycles. The Morgan fingerprint density at radius 3 is 2.35 bits per heavy atom. The van der Waals surface area contributed by atoms with Crippen LogP contribution < -0.4 is 4.74 Å². The number of amides is 1. The highest BCUT2D eigenvalue weighted by atomic mass is 16.7. The van der Waals surface area contributed by atoms with Gasteiger partial charge >= 0.3 is 11.8 Å². The number of carbonyl (C=O) groups is 5. The standard InChI is InChI=1S/C37H39NO14/c1-14-20-9-11-47-36(7)33(45)24-22-23(26(41)15(2)31(24)52-36)28(43)25(19(12-39)27(22)42)38-34(46)35(6)21(51-35)8-10-37(13-48-37)32(44)17(4)30(50-20)16(3)29(14)49-18(5)40/h8-12,14,16-17,20-21,29-30,32,39,41,44H,13H2,1-7H3/b10-8?,11-9?,19-12+,38-25?. The molecule has 1 spiro atoms. The summed E-state index contributed by atoms with van der Waals surface area (Å²) >= 11 is 0. The van der Waals surface area contributed by atoms with Gasteiger partial charge in [-0.05, 0) is 26.0 Å². The van der Waals surface area contributed by atoms with Crippen LogP contribution in [0.15, 0.2) is 41.3 Å². The fourth-order valence-corrected chi connectivity index (χ4v) is 7.81. The molecule has 3 fully saturated rings. The predicted octanol–water partition coefficient (Wildman–Crippen LogP) is 2.78. The highest BCUT2D eigenvalue weighted by molar-refractivity contribution is 6.63. The average Bonchev–Trinajstić information content (AvgIpc) is 4.00. The number of ether oxygens (including phenoxy) is 6. The number of rotatable bonds is 1. The van der Waals surface area contributed by atoms with Gasteiger partial charge < -0.3 is 43.7 Å². The average molecular weight is 722 g/mol. The minimum Gasteiger partial charge on any atom is -0.515 e. The van der Waals surface area contributed by atoms with Crippen molar-refractivity contribution in [1.29, 1.82) is 0 Å². The van der Waals surface area contributed by atoms with Crippen molar-refractivity contribution >= 4 is 34.9 Å². The van der Waals surface area contributed by atoms with Crippen LogP contribution in [0.5, 0.6) is 11.5 Å². The summed E-state index contributed by atoms with van der Waals surface area (Å²) in [5, 5.41) is 33.0. The molecule has 8 rings (SSSR count). The lowest BCUT2D eigenvalue weighted by Gasteiger charge is -2.46. The first kappa shape index (κ1) is 35.7. The van der Waals surface area contributed by atoms with E-state index in [1.165, 1.54) is 46.1 Å². The summed E-state index contributed by atoms with van der Waals surface area (Å²) in [5.41, 5.74) is -5.73. The molecule has 15 heteroatoms. The fraction of sp³-hybridized carbons (Fsp3) is 0.514. The Bertz CT molecular complexity index is 1960. The van der Waals surface area contributed by atoms with Gasteiger partial charge in [-0.3, -0.25) is 24.0 Å². The first-order valence-electron chi connectivity index (χ1n) is 17.0. The van der Waals surface area contributed by atoms with Crippen LogP contribution in [0.3, 0.4) is 0 Å². The van der Waals surface area contributed by atoms with Gasteiger partial charge in [0.05, 0.1) is 59.7 Å². The molecule has 11 atom stereocenters. The quantitative estimate of drug-likeness (QED) is 0.125. The number of esters is 1. The zero-order valence-corrected chi connectivity index (χ0v) is 29.5. The van der Waals surface area contributed by atoms with Gasteiger partial charge in [-0.15, -0.1) is 0 Å². The Kier molecular flexibility index (Phi) is 8.18. The smallest absolute Gasteiger partial charge is 0.312 e. The Balaban J connectivity index is 1.36. The molecule has 1 aromatic carbocycles. The van der Waals surface area contributed by atoms with Crippen molar-refractivity contribution in [3.8, 4) is 11.5 Å². The molecule has 7 aliphatic rings. The number of nitrogens with zero attached hydrogens (tertiary/aromatic N) is 1. The number of aromatic hydroxyl groups is 1. The molecule has 15 nitrogen and oxygen atoms in total. The number of ketones is 3. The van der Waals surface area contributed by atoms with Crippen LogP contribution in [0, 0.1) is 24.7 Å². The topological polar surface area (TPSA) is 220 Å². The number of hydrogen-bond donors (Lipinski definition) is 3. The van der Waals surface area contributed by atoms with Crippen LogP contribution in [0.2, 0.25) is 0 Å². The van der Waals surface area contributed by atoms with Gasteiger partial charge in [0, 0.05) is 37.2 Å². The zero-order chi connectivity index (χ0) is 37.8. The van der Waals surface area contributed by atoms with Crippen molar-refractivity contribution in [3.63, 3.8) is 0 Å². The molecule has 276 valence electrons. The second-order valence-electron chi connectivity index (χ2n) is 14.6. The molecule has 3 saturated heterocycles. The molecule has 0 saturated carbocycles. The summed E-state index contributed by atoms with van der Waals surface area (Å²) in [6, 6.07) is 0. The second kappa shape index (κ2) is 11.9. The van der Waals surface area contributed by atoms with E-state index in [2.05, 4.69) is 4.99 Å². The van der Waals surface area contributed by atoms with Gasteiger partial charge in [0.25, 0.3) is 11.7 Å². The van der Waals surface area contributed by atoms with Crippen molar-refractivity contribution in [2.45, 2.75) is 96.0 Å². The van der Waals surface area contributed by atoms with Gasteiger partial charge in [-0.1, -0.05) is 26.8 Å². The number of hydrogen-bond acceptors (Lipinski definition) is 14. The summed E-state index contributed by atoms with van der Waals surface area (Å²) < 4.78 is 35.5. The third-order valence-corrected chi connectivity index (χ3v) is 11.2. The predicted molar refractivity (Wildman–Crippen MR) is 177 cm³/mol. The molecule has 1 amide bonds. The van der Waals surface area contributed by atoms with E-state index in [9.17, 15) is 39.3 Å². The maximum Gasteiger partial charge on any atom is 0.312 e. The maximum absolute atomic E-state index is 14.1. The maximum atomic E-state index is 14.1. The van der Waals surface area contributed by atoms with Gasteiger partial charge in [0.1, 0.15) is 35.0 Å². The molecule has 0 aromatic heterocycles. The van der Waals surface area contributed by atoms with Crippen molar-refractivity contribution in [1.82, 2.24) is 0 Å². The summed E-state index contributed by atoms with van der Waals surface area (Å²) in [5.74, 6) is -8.88. The molecule has 6 aliphatic heterocycles. The number of phenols is 1. The van der Waals surface area contributed by atoms with E-state index in [1.54, 1.807) is 13.0 Å². The molecular weight excluding hydrogens is 682 g/mol. The summed E-state index contributed by atoms with van der Waals surface area (Å²) in [6.07, 6.45) is 2.08. The monoisotopic (exact) mass is 721 g/mol.